The van der Waals surface area contributed by atoms with E-state index in [-0.39, 0.29) is 23.6 Å². The van der Waals surface area contributed by atoms with Crippen LogP contribution in [0.4, 0.5) is 5.00 Å². The van der Waals surface area contributed by atoms with Crippen LogP contribution in [0.2, 0.25) is 0 Å². The molecule has 5 aromatic rings. The Morgan fingerprint density at radius 3 is 2.51 bits per heavy atom. The van der Waals surface area contributed by atoms with Crippen molar-refractivity contribution >= 4 is 49.8 Å². The molecule has 35 heavy (non-hydrogen) atoms. The first kappa shape index (κ1) is 22.5. The van der Waals surface area contributed by atoms with Crippen molar-refractivity contribution < 1.29 is 14.3 Å². The fourth-order valence-electron chi connectivity index (χ4n) is 3.95. The predicted octanol–water partition coefficient (Wildman–Crippen LogP) is 5.34. The van der Waals surface area contributed by atoms with Gasteiger partial charge in [0.15, 0.2) is 5.69 Å². The summed E-state index contributed by atoms with van der Waals surface area (Å²) in [6.45, 7) is 3.81. The number of thiophene rings is 1. The van der Waals surface area contributed by atoms with Crippen LogP contribution >= 0.6 is 11.3 Å². The molecule has 7 nitrogen and oxygen atoms in total. The third-order valence-corrected chi connectivity index (χ3v) is 6.56. The summed E-state index contributed by atoms with van der Waals surface area (Å²) in [5.74, 6) is -0.982. The zero-order chi connectivity index (χ0) is 24.5. The number of esters is 1. The molecule has 2 heterocycles. The van der Waals surface area contributed by atoms with Crippen LogP contribution < -0.4 is 10.9 Å². The second-order valence-corrected chi connectivity index (χ2v) is 8.84. The van der Waals surface area contributed by atoms with Gasteiger partial charge in [0.1, 0.15) is 5.00 Å². The van der Waals surface area contributed by atoms with Gasteiger partial charge in [0, 0.05) is 16.3 Å². The van der Waals surface area contributed by atoms with Gasteiger partial charge in [0.2, 0.25) is 0 Å². The van der Waals surface area contributed by atoms with E-state index in [2.05, 4.69) is 10.4 Å². The van der Waals surface area contributed by atoms with Crippen LogP contribution in [-0.2, 0) is 4.74 Å². The van der Waals surface area contributed by atoms with Gasteiger partial charge in [-0.15, -0.1) is 11.3 Å². The maximum absolute atomic E-state index is 13.6. The number of rotatable bonds is 5. The van der Waals surface area contributed by atoms with E-state index < -0.39 is 11.5 Å². The minimum atomic E-state index is -0.636. The van der Waals surface area contributed by atoms with Crippen LogP contribution in [0, 0.1) is 6.92 Å². The van der Waals surface area contributed by atoms with E-state index in [9.17, 15) is 14.4 Å². The molecule has 1 amide bonds. The van der Waals surface area contributed by atoms with Crippen molar-refractivity contribution in [1.29, 1.82) is 0 Å². The lowest BCUT2D eigenvalue weighted by atomic mass is 10.0. The van der Waals surface area contributed by atoms with E-state index in [0.717, 1.165) is 16.3 Å². The topological polar surface area (TPSA) is 90.3 Å². The van der Waals surface area contributed by atoms with Crippen molar-refractivity contribution in [3.63, 3.8) is 0 Å². The fraction of sp³-hybridized carbons (Fsp3) is 0.111. The molecule has 1 N–H and O–H groups in total. The molecule has 0 fully saturated rings. The molecule has 2 aromatic heterocycles. The third-order valence-electron chi connectivity index (χ3n) is 5.66. The predicted molar refractivity (Wildman–Crippen MR) is 138 cm³/mol. The number of carbonyl (C=O) groups excluding carboxylic acids is 2. The Morgan fingerprint density at radius 1 is 1.00 bits per heavy atom. The van der Waals surface area contributed by atoms with Crippen molar-refractivity contribution in [3.05, 3.63) is 99.3 Å². The van der Waals surface area contributed by atoms with Crippen molar-refractivity contribution in [2.24, 2.45) is 0 Å². The number of aryl methyl sites for hydroxylation is 1. The maximum atomic E-state index is 13.6. The number of hydrogen-bond acceptors (Lipinski definition) is 6. The second kappa shape index (κ2) is 9.15. The average molecular weight is 484 g/mol. The Labute approximate surface area is 204 Å². The number of carbonyl (C=O) groups is 2. The summed E-state index contributed by atoms with van der Waals surface area (Å²) < 4.78 is 6.37. The van der Waals surface area contributed by atoms with E-state index >= 15 is 0 Å². The van der Waals surface area contributed by atoms with Gasteiger partial charge in [-0.2, -0.15) is 9.78 Å². The van der Waals surface area contributed by atoms with Crippen LogP contribution in [0.5, 0.6) is 0 Å². The number of amides is 1. The van der Waals surface area contributed by atoms with E-state index in [1.165, 1.54) is 16.0 Å². The Morgan fingerprint density at radius 2 is 1.74 bits per heavy atom. The quantitative estimate of drug-likeness (QED) is 0.341. The molecular weight excluding hydrogens is 462 g/mol. The summed E-state index contributed by atoms with van der Waals surface area (Å²) in [5.41, 5.74) is 1.59. The number of aromatic nitrogens is 2. The molecule has 174 valence electrons. The monoisotopic (exact) mass is 483 g/mol. The number of nitrogens with zero attached hydrogens (tertiary/aromatic N) is 2. The highest BCUT2D eigenvalue weighted by molar-refractivity contribution is 7.16. The zero-order valence-electron chi connectivity index (χ0n) is 19.1. The third kappa shape index (κ3) is 4.08. The summed E-state index contributed by atoms with van der Waals surface area (Å²) in [5, 5.41) is 11.5. The lowest BCUT2D eigenvalue weighted by molar-refractivity contribution is 0.0520. The Kier molecular flexibility index (Phi) is 5.88. The van der Waals surface area contributed by atoms with Crippen molar-refractivity contribution in [1.82, 2.24) is 9.78 Å². The van der Waals surface area contributed by atoms with E-state index in [4.69, 9.17) is 4.74 Å². The maximum Gasteiger partial charge on any atom is 0.359 e. The standard InChI is InChI=1S/C27H21N3O4S/c1-3-34-27(33)23-21-15-35-25(22(21)26(32)30(29-23)18-13-11-16(2)12-14-18)28-24(31)20-10-6-8-17-7-4-5-9-19(17)20/h4-15H,3H2,1-2H3,(H,28,31). The fourth-order valence-corrected chi connectivity index (χ4v) is 4.88. The van der Waals surface area contributed by atoms with Crippen LogP contribution in [0.3, 0.4) is 0 Å². The second-order valence-electron chi connectivity index (χ2n) is 7.96. The molecular formula is C27H21N3O4S. The Hall–Kier alpha value is -4.30. The summed E-state index contributed by atoms with van der Waals surface area (Å²) in [6.07, 6.45) is 0. The lowest BCUT2D eigenvalue weighted by Gasteiger charge is -2.10. The van der Waals surface area contributed by atoms with Crippen LogP contribution in [0.1, 0.15) is 33.3 Å². The molecule has 0 spiro atoms. The highest BCUT2D eigenvalue weighted by atomic mass is 32.1. The number of benzene rings is 3. The molecule has 0 aliphatic rings. The first-order valence-electron chi connectivity index (χ1n) is 11.1. The number of fused-ring (bicyclic) bond motifs is 2. The van der Waals surface area contributed by atoms with Gasteiger partial charge >= 0.3 is 5.97 Å². The van der Waals surface area contributed by atoms with Gasteiger partial charge in [0.25, 0.3) is 11.5 Å². The molecule has 0 radical (unpaired) electrons. The molecule has 0 unspecified atom stereocenters. The van der Waals surface area contributed by atoms with Gasteiger partial charge in [-0.25, -0.2) is 4.79 Å². The molecule has 5 rings (SSSR count). The van der Waals surface area contributed by atoms with Crippen molar-refractivity contribution in [2.75, 3.05) is 11.9 Å². The minimum absolute atomic E-state index is 0.0175. The van der Waals surface area contributed by atoms with E-state index in [1.54, 1.807) is 30.5 Å². The molecule has 0 aliphatic carbocycles. The van der Waals surface area contributed by atoms with Crippen molar-refractivity contribution in [3.8, 4) is 5.69 Å². The molecule has 3 aromatic carbocycles. The first-order valence-corrected chi connectivity index (χ1v) is 11.9. The number of anilines is 1. The molecule has 0 saturated heterocycles. The van der Waals surface area contributed by atoms with Crippen molar-refractivity contribution in [2.45, 2.75) is 13.8 Å². The summed E-state index contributed by atoms with van der Waals surface area (Å²) in [7, 11) is 0. The highest BCUT2D eigenvalue weighted by Gasteiger charge is 2.23. The normalized spacial score (nSPS) is 11.0. The Balaban J connectivity index is 1.66. The van der Waals surface area contributed by atoms with Gasteiger partial charge in [-0.3, -0.25) is 9.59 Å². The van der Waals surface area contributed by atoms with E-state index in [0.29, 0.717) is 21.6 Å². The van der Waals surface area contributed by atoms with Crippen LogP contribution in [-0.4, -0.2) is 28.3 Å². The van der Waals surface area contributed by atoms with Gasteiger partial charge < -0.3 is 10.1 Å². The number of nitrogens with one attached hydrogen (secondary N) is 1. The van der Waals surface area contributed by atoms with E-state index in [1.807, 2.05) is 55.5 Å². The summed E-state index contributed by atoms with van der Waals surface area (Å²) in [6, 6.07) is 20.3. The largest absolute Gasteiger partial charge is 0.461 e. The van der Waals surface area contributed by atoms with Gasteiger partial charge in [-0.1, -0.05) is 54.1 Å². The van der Waals surface area contributed by atoms with Crippen LogP contribution in [0.25, 0.3) is 27.2 Å². The van der Waals surface area contributed by atoms with Gasteiger partial charge in [-0.05, 0) is 42.8 Å². The number of ether oxygens (including phenoxy) is 1. The molecule has 0 bridgehead atoms. The summed E-state index contributed by atoms with van der Waals surface area (Å²) in [4.78, 5) is 39.6. The first-order chi connectivity index (χ1) is 17.0. The SMILES string of the molecule is CCOC(=O)c1nn(-c2ccc(C)cc2)c(=O)c2c(NC(=O)c3cccc4ccccc34)scc12. The smallest absolute Gasteiger partial charge is 0.359 e. The Bertz CT molecular complexity index is 1650. The number of hydrogen-bond donors (Lipinski definition) is 1. The molecule has 0 saturated carbocycles. The van der Waals surface area contributed by atoms with Crippen LogP contribution in [0.15, 0.2) is 76.9 Å². The molecule has 8 heteroatoms. The average Bonchev–Trinajstić information content (AvgIpc) is 3.28. The lowest BCUT2D eigenvalue weighted by Crippen LogP contribution is -2.25. The minimum Gasteiger partial charge on any atom is -0.461 e. The van der Waals surface area contributed by atoms with Gasteiger partial charge in [0.05, 0.1) is 17.7 Å². The highest BCUT2D eigenvalue weighted by Crippen LogP contribution is 2.31. The zero-order valence-corrected chi connectivity index (χ0v) is 19.9. The molecule has 0 atom stereocenters. The summed E-state index contributed by atoms with van der Waals surface area (Å²) >= 11 is 1.17. The molecule has 0 aliphatic heterocycles.